The van der Waals surface area contributed by atoms with Crippen molar-refractivity contribution in [3.05, 3.63) is 45.6 Å². The molecule has 0 aliphatic carbocycles. The molecule has 1 N–H and O–H groups in total. The topological polar surface area (TPSA) is 84.3 Å². The lowest BCUT2D eigenvalue weighted by Gasteiger charge is -2.29. The Kier molecular flexibility index (Phi) is 6.04. The molecule has 28 heavy (non-hydrogen) atoms. The molecule has 0 radical (unpaired) electrons. The Labute approximate surface area is 169 Å². The highest BCUT2D eigenvalue weighted by atomic mass is 35.5. The summed E-state index contributed by atoms with van der Waals surface area (Å²) in [6.45, 7) is 3.88. The van der Waals surface area contributed by atoms with Crippen LogP contribution in [0.15, 0.2) is 34.1 Å². The third-order valence-electron chi connectivity index (χ3n) is 3.95. The van der Waals surface area contributed by atoms with Gasteiger partial charge in [0.1, 0.15) is 18.0 Å². The molecule has 0 saturated heterocycles. The molecule has 1 aromatic heterocycles. The molecular weight excluding hydrogens is 407 g/mol. The van der Waals surface area contributed by atoms with Gasteiger partial charge in [0.25, 0.3) is 5.56 Å². The molecule has 10 heteroatoms. The van der Waals surface area contributed by atoms with E-state index in [0.29, 0.717) is 11.4 Å². The van der Waals surface area contributed by atoms with Crippen LogP contribution >= 0.6 is 23.4 Å². The fourth-order valence-corrected chi connectivity index (χ4v) is 3.80. The lowest BCUT2D eigenvalue weighted by atomic mass is 10.2. The molecule has 0 atom stereocenters. The van der Waals surface area contributed by atoms with Crippen molar-refractivity contribution < 1.29 is 14.0 Å². The maximum absolute atomic E-state index is 13.8. The minimum absolute atomic E-state index is 0.0485. The maximum atomic E-state index is 13.8. The average Bonchev–Trinajstić information content (AvgIpc) is 2.62. The summed E-state index contributed by atoms with van der Waals surface area (Å²) < 4.78 is 14.8. The van der Waals surface area contributed by atoms with Crippen molar-refractivity contribution in [2.75, 3.05) is 22.5 Å². The highest BCUT2D eigenvalue weighted by Gasteiger charge is 2.29. The minimum Gasteiger partial charge on any atom is -0.322 e. The van der Waals surface area contributed by atoms with Crippen molar-refractivity contribution in [1.29, 1.82) is 0 Å². The normalized spacial score (nSPS) is 13.6. The maximum Gasteiger partial charge on any atom is 0.292 e. The number of carbonyl (C=O) groups excluding carboxylic acids is 2. The Morgan fingerprint density at radius 2 is 2.14 bits per heavy atom. The third-order valence-corrected chi connectivity index (χ3v) is 5.19. The van der Waals surface area contributed by atoms with Crippen molar-refractivity contribution in [3.63, 3.8) is 0 Å². The zero-order valence-corrected chi connectivity index (χ0v) is 16.8. The molecule has 0 spiro atoms. The zero-order valence-electron chi connectivity index (χ0n) is 15.2. The van der Waals surface area contributed by atoms with E-state index < -0.39 is 23.8 Å². The lowest BCUT2D eigenvalue weighted by Crippen LogP contribution is -2.44. The highest BCUT2D eigenvalue weighted by Crippen LogP contribution is 2.32. The molecule has 1 aliphatic rings. The van der Waals surface area contributed by atoms with E-state index in [1.54, 1.807) is 0 Å². The predicted octanol–water partition coefficient (Wildman–Crippen LogP) is 2.77. The summed E-state index contributed by atoms with van der Waals surface area (Å²) in [5, 5.41) is 6.61. The largest absolute Gasteiger partial charge is 0.322 e. The first kappa shape index (κ1) is 20.3. The summed E-state index contributed by atoms with van der Waals surface area (Å²) in [4.78, 5) is 39.5. The van der Waals surface area contributed by atoms with Gasteiger partial charge in [0, 0.05) is 11.6 Å². The van der Waals surface area contributed by atoms with Gasteiger partial charge < -0.3 is 10.2 Å². The Morgan fingerprint density at radius 1 is 1.39 bits per heavy atom. The number of aromatic nitrogens is 2. The number of amides is 2. The first-order valence-corrected chi connectivity index (χ1v) is 9.90. The average molecular weight is 425 g/mol. The number of nitrogens with one attached hydrogen (secondary N) is 1. The van der Waals surface area contributed by atoms with Crippen LogP contribution in [0, 0.1) is 11.7 Å². The standard InChI is InChI=1S/C18H18ClFN4O3S/c1-10(2)7-23-16(26)9-28-14-6-21-24(18(27)17(14)23)8-15(25)22-13-4-3-11(19)5-12(13)20/h3-6,10H,7-9H2,1-2H3,(H,22,25). The van der Waals surface area contributed by atoms with Gasteiger partial charge in [-0.25, -0.2) is 9.07 Å². The van der Waals surface area contributed by atoms with Gasteiger partial charge in [0.05, 0.1) is 22.5 Å². The first-order valence-electron chi connectivity index (χ1n) is 8.54. The van der Waals surface area contributed by atoms with E-state index in [0.717, 1.165) is 10.7 Å². The van der Waals surface area contributed by atoms with Gasteiger partial charge in [-0.2, -0.15) is 5.10 Å². The molecule has 2 heterocycles. The minimum atomic E-state index is -0.684. The van der Waals surface area contributed by atoms with Crippen LogP contribution in [0.4, 0.5) is 15.8 Å². The van der Waals surface area contributed by atoms with E-state index in [9.17, 15) is 18.8 Å². The van der Waals surface area contributed by atoms with Gasteiger partial charge >= 0.3 is 0 Å². The Hall–Kier alpha value is -2.39. The molecule has 2 amide bonds. The van der Waals surface area contributed by atoms with Crippen LogP contribution in [-0.4, -0.2) is 33.9 Å². The number of thioether (sulfide) groups is 1. The number of rotatable bonds is 5. The quantitative estimate of drug-likeness (QED) is 0.797. The lowest BCUT2D eigenvalue weighted by molar-refractivity contribution is -0.117. The van der Waals surface area contributed by atoms with Crippen molar-refractivity contribution in [3.8, 4) is 0 Å². The molecule has 1 aromatic carbocycles. The fourth-order valence-electron chi connectivity index (χ4n) is 2.75. The summed E-state index contributed by atoms with van der Waals surface area (Å²) in [6, 6.07) is 3.85. The second-order valence-corrected chi connectivity index (χ2v) is 8.13. The molecule has 148 valence electrons. The van der Waals surface area contributed by atoms with Crippen LogP contribution in [0.3, 0.4) is 0 Å². The highest BCUT2D eigenvalue weighted by molar-refractivity contribution is 8.00. The van der Waals surface area contributed by atoms with E-state index >= 15 is 0 Å². The van der Waals surface area contributed by atoms with Gasteiger partial charge in [-0.05, 0) is 24.1 Å². The van der Waals surface area contributed by atoms with Gasteiger partial charge in [0.15, 0.2) is 0 Å². The zero-order chi connectivity index (χ0) is 20.4. The molecule has 0 saturated carbocycles. The van der Waals surface area contributed by atoms with Crippen LogP contribution < -0.4 is 15.8 Å². The van der Waals surface area contributed by atoms with E-state index in [2.05, 4.69) is 10.4 Å². The number of carbonyl (C=O) groups is 2. The number of anilines is 2. The molecule has 0 bridgehead atoms. The van der Waals surface area contributed by atoms with Gasteiger partial charge in [-0.15, -0.1) is 11.8 Å². The predicted molar refractivity (Wildman–Crippen MR) is 106 cm³/mol. The Balaban J connectivity index is 1.85. The molecule has 3 rings (SSSR count). The summed E-state index contributed by atoms with van der Waals surface area (Å²) in [7, 11) is 0. The number of hydrogen-bond acceptors (Lipinski definition) is 5. The van der Waals surface area contributed by atoms with Gasteiger partial charge in [-0.3, -0.25) is 14.4 Å². The number of nitrogens with zero attached hydrogens (tertiary/aromatic N) is 3. The van der Waals surface area contributed by atoms with Crippen molar-refractivity contribution >= 4 is 46.6 Å². The summed E-state index contributed by atoms with van der Waals surface area (Å²) in [6.07, 6.45) is 1.47. The molecule has 7 nitrogen and oxygen atoms in total. The SMILES string of the molecule is CC(C)CN1C(=O)CSc2cnn(CC(=O)Nc3ccc(Cl)cc3F)c(=O)c21. The number of hydrogen-bond donors (Lipinski definition) is 1. The number of fused-ring (bicyclic) bond motifs is 1. The second kappa shape index (κ2) is 8.32. The summed E-state index contributed by atoms with van der Waals surface area (Å²) in [5.74, 6) is -1.07. The van der Waals surface area contributed by atoms with Gasteiger partial charge in [-0.1, -0.05) is 25.4 Å². The molecule has 0 unspecified atom stereocenters. The van der Waals surface area contributed by atoms with Crippen LogP contribution in [0.25, 0.3) is 0 Å². The smallest absolute Gasteiger partial charge is 0.292 e. The molecule has 2 aromatic rings. The van der Waals surface area contributed by atoms with Crippen molar-refractivity contribution in [2.45, 2.75) is 25.3 Å². The van der Waals surface area contributed by atoms with E-state index in [1.807, 2.05) is 13.8 Å². The van der Waals surface area contributed by atoms with Crippen molar-refractivity contribution in [2.24, 2.45) is 5.92 Å². The molecular formula is C18H18ClFN4O3S. The van der Waals surface area contributed by atoms with Crippen LogP contribution in [0.5, 0.6) is 0 Å². The number of halogens is 2. The van der Waals surface area contributed by atoms with Gasteiger partial charge in [0.2, 0.25) is 11.8 Å². The Morgan fingerprint density at radius 3 is 2.82 bits per heavy atom. The fraction of sp³-hybridized carbons (Fsp3) is 0.333. The van der Waals surface area contributed by atoms with E-state index in [4.69, 9.17) is 11.6 Å². The van der Waals surface area contributed by atoms with Crippen molar-refractivity contribution in [1.82, 2.24) is 9.78 Å². The number of benzene rings is 1. The monoisotopic (exact) mass is 424 g/mol. The van der Waals surface area contributed by atoms with Crippen LogP contribution in [0.2, 0.25) is 5.02 Å². The van der Waals surface area contributed by atoms with E-state index in [1.165, 1.54) is 35.0 Å². The van der Waals surface area contributed by atoms with Crippen LogP contribution in [-0.2, 0) is 16.1 Å². The third kappa shape index (κ3) is 4.36. The summed E-state index contributed by atoms with van der Waals surface area (Å²) in [5.41, 5.74) is -0.353. The first-order chi connectivity index (χ1) is 13.3. The van der Waals surface area contributed by atoms with Crippen LogP contribution in [0.1, 0.15) is 13.8 Å². The molecule has 1 aliphatic heterocycles. The second-order valence-electron chi connectivity index (χ2n) is 6.68. The van der Waals surface area contributed by atoms with E-state index in [-0.39, 0.29) is 34.0 Å². The summed E-state index contributed by atoms with van der Waals surface area (Å²) >= 11 is 6.94. The Bertz CT molecular complexity index is 995. The molecule has 0 fully saturated rings.